The molecule has 0 saturated heterocycles. The Morgan fingerprint density at radius 1 is 1.25 bits per heavy atom. The van der Waals surface area contributed by atoms with Crippen molar-refractivity contribution in [3.63, 3.8) is 0 Å². The molecule has 82 valence electrons. The standard InChI is InChI=1S/C11H13N5/c12-9-11-15-14-10(16(11)5-4-13-9)8-6-2-1-3-7(6)8/h4-8H,1-3H2,(H2,12,13)/t6-,7?,8?/m1/s1. The van der Waals surface area contributed by atoms with Gasteiger partial charge in [0, 0.05) is 18.3 Å². The molecule has 0 radical (unpaired) electrons. The van der Waals surface area contributed by atoms with Gasteiger partial charge in [0.1, 0.15) is 5.82 Å². The lowest BCUT2D eigenvalue weighted by molar-refractivity contribution is 0.653. The van der Waals surface area contributed by atoms with E-state index in [2.05, 4.69) is 15.2 Å². The number of nitrogens with zero attached hydrogens (tertiary/aromatic N) is 4. The van der Waals surface area contributed by atoms with Crippen molar-refractivity contribution in [1.82, 2.24) is 19.6 Å². The van der Waals surface area contributed by atoms with Crippen LogP contribution in [-0.2, 0) is 0 Å². The zero-order valence-corrected chi connectivity index (χ0v) is 8.87. The SMILES string of the molecule is Nc1nccn2c(C3C4CCC[C@H]43)nnc12. The Morgan fingerprint density at radius 3 is 2.88 bits per heavy atom. The first kappa shape index (κ1) is 8.50. The van der Waals surface area contributed by atoms with Crippen molar-refractivity contribution < 1.29 is 0 Å². The molecule has 0 spiro atoms. The van der Waals surface area contributed by atoms with E-state index in [0.29, 0.717) is 17.4 Å². The quantitative estimate of drug-likeness (QED) is 0.776. The van der Waals surface area contributed by atoms with Crippen LogP contribution < -0.4 is 5.73 Å². The Labute approximate surface area is 92.7 Å². The van der Waals surface area contributed by atoms with Crippen LogP contribution in [0.15, 0.2) is 12.4 Å². The predicted octanol–water partition coefficient (Wildman–Crippen LogP) is 1.22. The van der Waals surface area contributed by atoms with Crippen molar-refractivity contribution in [2.75, 3.05) is 5.73 Å². The van der Waals surface area contributed by atoms with Crippen LogP contribution in [0.3, 0.4) is 0 Å². The van der Waals surface area contributed by atoms with E-state index < -0.39 is 0 Å². The normalized spacial score (nSPS) is 31.9. The van der Waals surface area contributed by atoms with Crippen LogP contribution in [0.2, 0.25) is 0 Å². The van der Waals surface area contributed by atoms with Crippen LogP contribution in [0, 0.1) is 11.8 Å². The van der Waals surface area contributed by atoms with Gasteiger partial charge in [-0.1, -0.05) is 6.42 Å². The van der Waals surface area contributed by atoms with Gasteiger partial charge in [-0.15, -0.1) is 10.2 Å². The van der Waals surface area contributed by atoms with Crippen molar-refractivity contribution in [2.45, 2.75) is 25.2 Å². The second kappa shape index (κ2) is 2.72. The van der Waals surface area contributed by atoms with Crippen molar-refractivity contribution >= 4 is 11.5 Å². The maximum absolute atomic E-state index is 5.77. The van der Waals surface area contributed by atoms with Gasteiger partial charge in [0.05, 0.1) is 0 Å². The van der Waals surface area contributed by atoms with E-state index in [1.807, 2.05) is 10.6 Å². The largest absolute Gasteiger partial charge is 0.381 e. The smallest absolute Gasteiger partial charge is 0.203 e. The Hall–Kier alpha value is -1.65. The van der Waals surface area contributed by atoms with Gasteiger partial charge in [-0.2, -0.15) is 0 Å². The molecule has 0 aromatic carbocycles. The third-order valence-electron chi connectivity index (χ3n) is 4.09. The highest BCUT2D eigenvalue weighted by atomic mass is 15.3. The fourth-order valence-electron chi connectivity index (χ4n) is 3.29. The van der Waals surface area contributed by atoms with E-state index >= 15 is 0 Å². The lowest BCUT2D eigenvalue weighted by Crippen LogP contribution is -1.99. The molecule has 2 aliphatic rings. The van der Waals surface area contributed by atoms with Gasteiger partial charge < -0.3 is 5.73 Å². The maximum Gasteiger partial charge on any atom is 0.203 e. The molecule has 4 rings (SSSR count). The van der Waals surface area contributed by atoms with Crippen LogP contribution in [0.4, 0.5) is 5.82 Å². The van der Waals surface area contributed by atoms with Crippen molar-refractivity contribution in [1.29, 1.82) is 0 Å². The van der Waals surface area contributed by atoms with Crippen molar-refractivity contribution in [3.8, 4) is 0 Å². The zero-order chi connectivity index (χ0) is 10.7. The first-order valence-electron chi connectivity index (χ1n) is 5.81. The van der Waals surface area contributed by atoms with Gasteiger partial charge in [0.2, 0.25) is 5.65 Å². The molecule has 2 fully saturated rings. The van der Waals surface area contributed by atoms with Crippen molar-refractivity contribution in [2.24, 2.45) is 11.8 Å². The van der Waals surface area contributed by atoms with E-state index in [-0.39, 0.29) is 0 Å². The molecule has 16 heavy (non-hydrogen) atoms. The van der Waals surface area contributed by atoms with Gasteiger partial charge in [0.15, 0.2) is 5.82 Å². The van der Waals surface area contributed by atoms with Gasteiger partial charge in [-0.05, 0) is 24.7 Å². The number of hydrogen-bond acceptors (Lipinski definition) is 4. The minimum atomic E-state index is 0.465. The minimum Gasteiger partial charge on any atom is -0.381 e. The number of anilines is 1. The van der Waals surface area contributed by atoms with E-state index in [9.17, 15) is 0 Å². The van der Waals surface area contributed by atoms with Crippen molar-refractivity contribution in [3.05, 3.63) is 18.2 Å². The molecule has 2 aliphatic carbocycles. The molecular formula is C11H13N5. The van der Waals surface area contributed by atoms with Gasteiger partial charge >= 0.3 is 0 Å². The monoisotopic (exact) mass is 215 g/mol. The Morgan fingerprint density at radius 2 is 2.06 bits per heavy atom. The Kier molecular flexibility index (Phi) is 1.45. The summed E-state index contributed by atoms with van der Waals surface area (Å²) in [4.78, 5) is 4.03. The van der Waals surface area contributed by atoms with E-state index in [1.165, 1.54) is 19.3 Å². The van der Waals surface area contributed by atoms with Crippen LogP contribution in [0.1, 0.15) is 31.0 Å². The second-order valence-corrected chi connectivity index (χ2v) is 4.85. The molecule has 2 N–H and O–H groups in total. The minimum absolute atomic E-state index is 0.465. The number of hydrogen-bond donors (Lipinski definition) is 1. The fourth-order valence-corrected chi connectivity index (χ4v) is 3.29. The van der Waals surface area contributed by atoms with Crippen LogP contribution in [-0.4, -0.2) is 19.6 Å². The molecule has 2 aromatic heterocycles. The summed E-state index contributed by atoms with van der Waals surface area (Å²) in [7, 11) is 0. The van der Waals surface area contributed by atoms with Crippen LogP contribution >= 0.6 is 0 Å². The topological polar surface area (TPSA) is 69.1 Å². The number of fused-ring (bicyclic) bond motifs is 2. The molecule has 5 nitrogen and oxygen atoms in total. The lowest BCUT2D eigenvalue weighted by atomic mass is 10.1. The number of nitrogens with two attached hydrogens (primary N) is 1. The average molecular weight is 215 g/mol. The molecule has 5 heteroatoms. The fraction of sp³-hybridized carbons (Fsp3) is 0.545. The highest BCUT2D eigenvalue weighted by molar-refractivity contribution is 5.58. The molecule has 0 amide bonds. The Balaban J connectivity index is 1.84. The van der Waals surface area contributed by atoms with Gasteiger partial charge in [-0.25, -0.2) is 4.98 Å². The summed E-state index contributed by atoms with van der Waals surface area (Å²) in [6, 6.07) is 0. The highest BCUT2D eigenvalue weighted by Gasteiger charge is 2.55. The summed E-state index contributed by atoms with van der Waals surface area (Å²) in [5.74, 6) is 3.86. The second-order valence-electron chi connectivity index (χ2n) is 4.85. The molecule has 0 aliphatic heterocycles. The summed E-state index contributed by atoms with van der Waals surface area (Å²) in [6.45, 7) is 0. The van der Waals surface area contributed by atoms with Gasteiger partial charge in [-0.3, -0.25) is 4.40 Å². The average Bonchev–Trinajstić information content (AvgIpc) is 2.73. The summed E-state index contributed by atoms with van der Waals surface area (Å²) in [5, 5.41) is 8.43. The third kappa shape index (κ3) is 0.930. The summed E-state index contributed by atoms with van der Waals surface area (Å²) in [5.41, 5.74) is 6.47. The van der Waals surface area contributed by atoms with Crippen LogP contribution in [0.5, 0.6) is 0 Å². The first-order valence-corrected chi connectivity index (χ1v) is 5.81. The summed E-state index contributed by atoms with van der Waals surface area (Å²) in [6.07, 6.45) is 7.71. The zero-order valence-electron chi connectivity index (χ0n) is 8.87. The highest BCUT2D eigenvalue weighted by Crippen LogP contribution is 2.62. The first-order chi connectivity index (χ1) is 7.86. The van der Waals surface area contributed by atoms with Crippen LogP contribution in [0.25, 0.3) is 5.65 Å². The number of rotatable bonds is 1. The summed E-state index contributed by atoms with van der Waals surface area (Å²) >= 11 is 0. The summed E-state index contributed by atoms with van der Waals surface area (Å²) < 4.78 is 2.01. The molecule has 2 saturated carbocycles. The third-order valence-corrected chi connectivity index (χ3v) is 4.09. The Bertz CT molecular complexity index is 551. The van der Waals surface area contributed by atoms with E-state index in [1.54, 1.807) is 6.20 Å². The molecule has 2 heterocycles. The molecule has 3 atom stereocenters. The molecule has 0 bridgehead atoms. The molecule has 2 unspecified atom stereocenters. The molecular weight excluding hydrogens is 202 g/mol. The maximum atomic E-state index is 5.77. The van der Waals surface area contributed by atoms with E-state index in [4.69, 9.17) is 5.73 Å². The molecule has 2 aromatic rings. The number of aromatic nitrogens is 4. The van der Waals surface area contributed by atoms with Gasteiger partial charge in [0.25, 0.3) is 0 Å². The lowest BCUT2D eigenvalue weighted by Gasteiger charge is -2.01. The predicted molar refractivity (Wildman–Crippen MR) is 58.8 cm³/mol. The van der Waals surface area contributed by atoms with E-state index in [0.717, 1.165) is 17.7 Å². The number of nitrogen functional groups attached to an aromatic ring is 1.